The summed E-state index contributed by atoms with van der Waals surface area (Å²) in [5.74, 6) is 0.0419. The number of imide groups is 1. The number of fused-ring (bicyclic) bond motifs is 1. The minimum Gasteiger partial charge on any atom is -0.316 e. The van der Waals surface area contributed by atoms with Crippen LogP contribution in [0.4, 0.5) is 5.69 Å². The van der Waals surface area contributed by atoms with Gasteiger partial charge in [-0.2, -0.15) is 16.8 Å². The predicted octanol–water partition coefficient (Wildman–Crippen LogP) is 3.77. The SMILES string of the molecule is CSCCn1c(=NC(=O)c2cccc(N3C(=O)CCC3=O)c2)sc2cc(C)ccc21. The van der Waals surface area contributed by atoms with E-state index in [2.05, 4.69) is 27.8 Å². The second-order valence-corrected chi connectivity index (χ2v) is 9.09. The quantitative estimate of drug-likeness (QED) is 0.568. The van der Waals surface area contributed by atoms with E-state index < -0.39 is 5.91 Å². The first kappa shape index (κ1) is 20.6. The number of thioether (sulfide) groups is 1. The van der Waals surface area contributed by atoms with Crippen molar-refractivity contribution in [3.05, 3.63) is 58.4 Å². The topological polar surface area (TPSA) is 71.7 Å². The Bertz CT molecular complexity index is 1210. The molecule has 2 heterocycles. The number of anilines is 1. The molecule has 2 aromatic carbocycles. The van der Waals surface area contributed by atoms with Crippen LogP contribution in [0.3, 0.4) is 0 Å². The summed E-state index contributed by atoms with van der Waals surface area (Å²) in [4.78, 5) is 43.2. The molecule has 154 valence electrons. The molecule has 0 saturated carbocycles. The van der Waals surface area contributed by atoms with Crippen molar-refractivity contribution < 1.29 is 14.4 Å². The summed E-state index contributed by atoms with van der Waals surface area (Å²) in [5.41, 5.74) is 3.00. The Hall–Kier alpha value is -2.71. The zero-order valence-electron chi connectivity index (χ0n) is 16.8. The number of hydrogen-bond acceptors (Lipinski definition) is 5. The summed E-state index contributed by atoms with van der Waals surface area (Å²) in [7, 11) is 0. The Balaban J connectivity index is 1.74. The first-order chi connectivity index (χ1) is 14.5. The number of aromatic nitrogens is 1. The number of carbonyl (C=O) groups is 3. The van der Waals surface area contributed by atoms with Gasteiger partial charge in [0.25, 0.3) is 5.91 Å². The van der Waals surface area contributed by atoms with Crippen LogP contribution < -0.4 is 9.70 Å². The van der Waals surface area contributed by atoms with Crippen LogP contribution in [0.2, 0.25) is 0 Å². The first-order valence-electron chi connectivity index (χ1n) is 9.62. The molecule has 1 aliphatic rings. The van der Waals surface area contributed by atoms with Gasteiger partial charge in [-0.05, 0) is 49.1 Å². The van der Waals surface area contributed by atoms with Gasteiger partial charge in [-0.15, -0.1) is 0 Å². The van der Waals surface area contributed by atoms with Gasteiger partial charge < -0.3 is 4.57 Å². The third-order valence-electron chi connectivity index (χ3n) is 4.96. The van der Waals surface area contributed by atoms with E-state index in [1.807, 2.05) is 13.2 Å². The number of rotatable bonds is 5. The maximum Gasteiger partial charge on any atom is 0.279 e. The Morgan fingerprint density at radius 1 is 1.13 bits per heavy atom. The molecule has 8 heteroatoms. The molecule has 0 aliphatic carbocycles. The largest absolute Gasteiger partial charge is 0.316 e. The van der Waals surface area contributed by atoms with Crippen LogP contribution in [0.25, 0.3) is 10.2 Å². The van der Waals surface area contributed by atoms with Crippen molar-refractivity contribution in [1.82, 2.24) is 4.57 Å². The molecule has 1 fully saturated rings. The van der Waals surface area contributed by atoms with E-state index in [9.17, 15) is 14.4 Å². The standard InChI is InChI=1S/C22H21N3O3S2/c1-14-6-7-17-18(12-14)30-22(24(17)10-11-29-2)23-21(28)15-4-3-5-16(13-15)25-19(26)8-9-20(25)27/h3-7,12-13H,8-11H2,1-2H3. The van der Waals surface area contributed by atoms with Crippen molar-refractivity contribution in [2.24, 2.45) is 4.99 Å². The van der Waals surface area contributed by atoms with Crippen molar-refractivity contribution in [3.63, 3.8) is 0 Å². The fourth-order valence-electron chi connectivity index (χ4n) is 3.46. The summed E-state index contributed by atoms with van der Waals surface area (Å²) in [6, 6.07) is 12.8. The van der Waals surface area contributed by atoms with Gasteiger partial charge in [-0.3, -0.25) is 19.3 Å². The molecule has 0 N–H and O–H groups in total. The van der Waals surface area contributed by atoms with Gasteiger partial charge in [-0.1, -0.05) is 23.5 Å². The Kier molecular flexibility index (Phi) is 5.87. The van der Waals surface area contributed by atoms with Gasteiger partial charge in [0, 0.05) is 30.7 Å². The van der Waals surface area contributed by atoms with E-state index in [1.54, 1.807) is 36.0 Å². The lowest BCUT2D eigenvalue weighted by molar-refractivity contribution is -0.121. The number of thiazole rings is 1. The zero-order chi connectivity index (χ0) is 21.3. The van der Waals surface area contributed by atoms with Crippen LogP contribution in [0.1, 0.15) is 28.8 Å². The van der Waals surface area contributed by atoms with E-state index in [0.717, 1.165) is 33.0 Å². The minimum atomic E-state index is -0.392. The van der Waals surface area contributed by atoms with Gasteiger partial charge in [0.2, 0.25) is 11.8 Å². The summed E-state index contributed by atoms with van der Waals surface area (Å²) in [5, 5.41) is 0. The molecule has 1 saturated heterocycles. The van der Waals surface area contributed by atoms with Crippen molar-refractivity contribution in [2.45, 2.75) is 26.3 Å². The van der Waals surface area contributed by atoms with Gasteiger partial charge in [0.05, 0.1) is 15.9 Å². The van der Waals surface area contributed by atoms with Gasteiger partial charge in [0.1, 0.15) is 0 Å². The molecule has 1 aromatic heterocycles. The van der Waals surface area contributed by atoms with Crippen molar-refractivity contribution in [2.75, 3.05) is 16.9 Å². The number of carbonyl (C=O) groups excluding carboxylic acids is 3. The molecule has 3 aromatic rings. The minimum absolute atomic E-state index is 0.206. The summed E-state index contributed by atoms with van der Waals surface area (Å²) in [6.45, 7) is 2.80. The second-order valence-electron chi connectivity index (χ2n) is 7.09. The van der Waals surface area contributed by atoms with Crippen LogP contribution in [0, 0.1) is 6.92 Å². The molecular formula is C22H21N3O3S2. The molecule has 0 spiro atoms. The first-order valence-corrected chi connectivity index (χ1v) is 11.8. The summed E-state index contributed by atoms with van der Waals surface area (Å²) in [6.07, 6.45) is 2.46. The highest BCUT2D eigenvalue weighted by molar-refractivity contribution is 7.98. The predicted molar refractivity (Wildman–Crippen MR) is 121 cm³/mol. The summed E-state index contributed by atoms with van der Waals surface area (Å²) < 4.78 is 3.16. The van der Waals surface area contributed by atoms with Crippen LogP contribution in [-0.4, -0.2) is 34.3 Å². The Morgan fingerprint density at radius 2 is 1.90 bits per heavy atom. The molecule has 0 unspecified atom stereocenters. The lowest BCUT2D eigenvalue weighted by Crippen LogP contribution is -2.28. The van der Waals surface area contributed by atoms with E-state index in [1.165, 1.54) is 11.3 Å². The number of aryl methyl sites for hydroxylation is 2. The molecule has 30 heavy (non-hydrogen) atoms. The average Bonchev–Trinajstić information content (AvgIpc) is 3.24. The Labute approximate surface area is 182 Å². The van der Waals surface area contributed by atoms with E-state index in [-0.39, 0.29) is 24.7 Å². The highest BCUT2D eigenvalue weighted by Crippen LogP contribution is 2.24. The highest BCUT2D eigenvalue weighted by atomic mass is 32.2. The third-order valence-corrected chi connectivity index (χ3v) is 6.59. The highest BCUT2D eigenvalue weighted by Gasteiger charge is 2.30. The third kappa shape index (κ3) is 3.97. The van der Waals surface area contributed by atoms with Crippen molar-refractivity contribution >= 4 is 56.7 Å². The fourth-order valence-corrected chi connectivity index (χ4v) is 4.98. The van der Waals surface area contributed by atoms with E-state index >= 15 is 0 Å². The van der Waals surface area contributed by atoms with Crippen LogP contribution in [0.5, 0.6) is 0 Å². The fraction of sp³-hybridized carbons (Fsp3) is 0.273. The van der Waals surface area contributed by atoms with Gasteiger partial charge in [-0.25, -0.2) is 0 Å². The normalized spacial score (nSPS) is 14.9. The number of hydrogen-bond donors (Lipinski definition) is 0. The maximum absolute atomic E-state index is 12.9. The monoisotopic (exact) mass is 439 g/mol. The molecule has 3 amide bonds. The molecule has 0 atom stereocenters. The molecule has 0 radical (unpaired) electrons. The molecule has 6 nitrogen and oxygen atoms in total. The molecule has 0 bridgehead atoms. The molecular weight excluding hydrogens is 418 g/mol. The number of nitrogens with zero attached hydrogens (tertiary/aromatic N) is 3. The van der Waals surface area contributed by atoms with Crippen molar-refractivity contribution in [3.8, 4) is 0 Å². The van der Waals surface area contributed by atoms with Crippen molar-refractivity contribution in [1.29, 1.82) is 0 Å². The van der Waals surface area contributed by atoms with Gasteiger partial charge >= 0.3 is 0 Å². The van der Waals surface area contributed by atoms with E-state index in [0.29, 0.717) is 16.1 Å². The van der Waals surface area contributed by atoms with Crippen LogP contribution in [0.15, 0.2) is 47.5 Å². The zero-order valence-corrected chi connectivity index (χ0v) is 18.4. The smallest absolute Gasteiger partial charge is 0.279 e. The lowest BCUT2D eigenvalue weighted by Gasteiger charge is -2.14. The molecule has 1 aliphatic heterocycles. The maximum atomic E-state index is 12.9. The lowest BCUT2D eigenvalue weighted by atomic mass is 10.2. The number of amides is 3. The molecule has 4 rings (SSSR count). The average molecular weight is 440 g/mol. The van der Waals surface area contributed by atoms with Crippen LogP contribution in [-0.2, 0) is 16.1 Å². The van der Waals surface area contributed by atoms with Crippen LogP contribution >= 0.6 is 23.1 Å². The second kappa shape index (κ2) is 8.57. The Morgan fingerprint density at radius 3 is 2.63 bits per heavy atom. The van der Waals surface area contributed by atoms with E-state index in [4.69, 9.17) is 0 Å². The number of benzene rings is 2. The summed E-state index contributed by atoms with van der Waals surface area (Å²) >= 11 is 3.23. The van der Waals surface area contributed by atoms with Gasteiger partial charge in [0.15, 0.2) is 4.80 Å².